The fourth-order valence-corrected chi connectivity index (χ4v) is 3.75. The Morgan fingerprint density at radius 3 is 2.50 bits per heavy atom. The van der Waals surface area contributed by atoms with E-state index in [9.17, 15) is 4.79 Å². The highest BCUT2D eigenvalue weighted by Crippen LogP contribution is 2.33. The minimum absolute atomic E-state index is 0. The summed E-state index contributed by atoms with van der Waals surface area (Å²) in [6, 6.07) is 0.496. The second kappa shape index (κ2) is 8.75. The van der Waals surface area contributed by atoms with Crippen molar-refractivity contribution in [1.29, 1.82) is 0 Å². The molecule has 2 atom stereocenters. The normalized spacial score (nSPS) is 25.4. The van der Waals surface area contributed by atoms with E-state index in [1.165, 1.54) is 0 Å². The van der Waals surface area contributed by atoms with E-state index in [1.54, 1.807) is 0 Å². The van der Waals surface area contributed by atoms with Crippen LogP contribution in [0.2, 0.25) is 0 Å². The first-order valence-electron chi connectivity index (χ1n) is 7.76. The minimum atomic E-state index is 0. The summed E-state index contributed by atoms with van der Waals surface area (Å²) in [4.78, 5) is 18.8. The lowest BCUT2D eigenvalue weighted by molar-refractivity contribution is -0.137. The van der Waals surface area contributed by atoms with Crippen molar-refractivity contribution in [2.45, 2.75) is 38.1 Å². The standard InChI is InChI=1S/C15H24N4O.2ClH/c16-10-12-2-1-3-14(12)15(20)18-7-4-13(5-8-18)19-9-6-17-11-19;;/h6,9,11-14H,1-5,7-8,10,16H2;2*1H/t12-,14-;;/m1../s1. The summed E-state index contributed by atoms with van der Waals surface area (Å²) in [5.41, 5.74) is 5.80. The van der Waals surface area contributed by atoms with Crippen LogP contribution < -0.4 is 5.73 Å². The summed E-state index contributed by atoms with van der Waals surface area (Å²) >= 11 is 0. The number of nitrogens with two attached hydrogens (primary N) is 1. The molecule has 22 heavy (non-hydrogen) atoms. The third-order valence-corrected chi connectivity index (χ3v) is 5.00. The van der Waals surface area contributed by atoms with E-state index in [2.05, 4.69) is 14.5 Å². The number of nitrogens with zero attached hydrogens (tertiary/aromatic N) is 3. The summed E-state index contributed by atoms with van der Waals surface area (Å²) in [6.07, 6.45) is 11.1. The molecular weight excluding hydrogens is 323 g/mol. The Morgan fingerprint density at radius 1 is 1.18 bits per heavy atom. The van der Waals surface area contributed by atoms with Crippen molar-refractivity contribution < 1.29 is 4.79 Å². The molecule has 1 aliphatic heterocycles. The van der Waals surface area contributed by atoms with Crippen LogP contribution in [0, 0.1) is 11.8 Å². The highest BCUT2D eigenvalue weighted by atomic mass is 35.5. The number of carbonyl (C=O) groups excluding carboxylic acids is 1. The molecule has 0 bridgehead atoms. The van der Waals surface area contributed by atoms with Gasteiger partial charge in [-0.25, -0.2) is 4.98 Å². The highest BCUT2D eigenvalue weighted by molar-refractivity contribution is 5.85. The summed E-state index contributed by atoms with van der Waals surface area (Å²) < 4.78 is 2.17. The molecule has 1 aromatic rings. The Bertz CT molecular complexity index is 446. The van der Waals surface area contributed by atoms with Gasteiger partial charge in [-0.05, 0) is 38.1 Å². The third-order valence-electron chi connectivity index (χ3n) is 5.00. The average molecular weight is 349 g/mol. The Labute approximate surface area is 144 Å². The monoisotopic (exact) mass is 348 g/mol. The number of hydrogen-bond acceptors (Lipinski definition) is 3. The summed E-state index contributed by atoms with van der Waals surface area (Å²) in [5, 5.41) is 0. The molecule has 0 unspecified atom stereocenters. The molecule has 1 amide bonds. The number of amides is 1. The van der Waals surface area contributed by atoms with E-state index in [0.717, 1.165) is 45.2 Å². The molecule has 1 saturated heterocycles. The fourth-order valence-electron chi connectivity index (χ4n) is 3.75. The number of halogens is 2. The number of piperidine rings is 1. The molecule has 126 valence electrons. The van der Waals surface area contributed by atoms with E-state index in [-0.39, 0.29) is 30.7 Å². The van der Waals surface area contributed by atoms with Crippen LogP contribution in [0.3, 0.4) is 0 Å². The molecule has 5 nitrogen and oxygen atoms in total. The summed E-state index contributed by atoms with van der Waals surface area (Å²) in [7, 11) is 0. The third kappa shape index (κ3) is 3.94. The molecule has 2 N–H and O–H groups in total. The van der Waals surface area contributed by atoms with Crippen molar-refractivity contribution >= 4 is 30.7 Å². The number of rotatable bonds is 3. The molecular formula is C15H26Cl2N4O. The molecule has 7 heteroatoms. The maximum atomic E-state index is 12.6. The molecule has 0 aromatic carbocycles. The molecule has 3 rings (SSSR count). The molecule has 2 fully saturated rings. The maximum Gasteiger partial charge on any atom is 0.226 e. The van der Waals surface area contributed by atoms with Crippen LogP contribution in [0.5, 0.6) is 0 Å². The Balaban J connectivity index is 0.00000121. The lowest BCUT2D eigenvalue weighted by Gasteiger charge is -2.35. The summed E-state index contributed by atoms with van der Waals surface area (Å²) in [5.74, 6) is 0.945. The Kier molecular flexibility index (Phi) is 7.66. The molecule has 2 heterocycles. The fraction of sp³-hybridized carbons (Fsp3) is 0.733. The smallest absolute Gasteiger partial charge is 0.226 e. The zero-order valence-electron chi connectivity index (χ0n) is 12.8. The first-order chi connectivity index (χ1) is 9.79. The quantitative estimate of drug-likeness (QED) is 0.910. The second-order valence-corrected chi connectivity index (χ2v) is 6.10. The topological polar surface area (TPSA) is 64.2 Å². The van der Waals surface area contributed by atoms with Crippen molar-refractivity contribution in [3.8, 4) is 0 Å². The van der Waals surface area contributed by atoms with Gasteiger partial charge in [-0.1, -0.05) is 6.42 Å². The van der Waals surface area contributed by atoms with Gasteiger partial charge >= 0.3 is 0 Å². The Morgan fingerprint density at radius 2 is 1.91 bits per heavy atom. The largest absolute Gasteiger partial charge is 0.342 e. The lowest BCUT2D eigenvalue weighted by Crippen LogP contribution is -2.43. The van der Waals surface area contributed by atoms with Gasteiger partial charge in [-0.2, -0.15) is 0 Å². The van der Waals surface area contributed by atoms with Crippen LogP contribution in [-0.2, 0) is 4.79 Å². The molecule has 1 aromatic heterocycles. The molecule has 0 radical (unpaired) electrons. The van der Waals surface area contributed by atoms with E-state index >= 15 is 0 Å². The number of carbonyl (C=O) groups is 1. The van der Waals surface area contributed by atoms with E-state index < -0.39 is 0 Å². The lowest BCUT2D eigenvalue weighted by atomic mass is 9.93. The van der Waals surface area contributed by atoms with Crippen LogP contribution in [0.15, 0.2) is 18.7 Å². The first-order valence-corrected chi connectivity index (χ1v) is 7.76. The molecule has 0 spiro atoms. The zero-order chi connectivity index (χ0) is 13.9. The van der Waals surface area contributed by atoms with Gasteiger partial charge in [-0.3, -0.25) is 4.79 Å². The molecule has 1 aliphatic carbocycles. The van der Waals surface area contributed by atoms with E-state index in [1.807, 2.05) is 18.7 Å². The van der Waals surface area contributed by atoms with Gasteiger partial charge in [0.2, 0.25) is 5.91 Å². The first kappa shape index (κ1) is 19.3. The van der Waals surface area contributed by atoms with Gasteiger partial charge in [0.1, 0.15) is 0 Å². The van der Waals surface area contributed by atoms with Gasteiger partial charge in [0, 0.05) is 37.4 Å². The average Bonchev–Trinajstić information content (AvgIpc) is 3.17. The van der Waals surface area contributed by atoms with Gasteiger partial charge in [0.05, 0.1) is 6.33 Å². The highest BCUT2D eigenvalue weighted by Gasteiger charge is 2.35. The van der Waals surface area contributed by atoms with Crippen LogP contribution in [0.1, 0.15) is 38.1 Å². The number of likely N-dealkylation sites (tertiary alicyclic amines) is 1. The predicted molar refractivity (Wildman–Crippen MR) is 91.5 cm³/mol. The SMILES string of the molecule is Cl.Cl.NC[C@H]1CCC[C@H]1C(=O)N1CCC(n2ccnc2)CC1. The number of imidazole rings is 1. The van der Waals surface area contributed by atoms with E-state index in [4.69, 9.17) is 5.73 Å². The van der Waals surface area contributed by atoms with Crippen LogP contribution in [-0.4, -0.2) is 40.0 Å². The van der Waals surface area contributed by atoms with Gasteiger partial charge in [0.25, 0.3) is 0 Å². The van der Waals surface area contributed by atoms with Crippen molar-refractivity contribution in [2.24, 2.45) is 17.6 Å². The minimum Gasteiger partial charge on any atom is -0.342 e. The van der Waals surface area contributed by atoms with Crippen molar-refractivity contribution in [3.05, 3.63) is 18.7 Å². The van der Waals surface area contributed by atoms with Gasteiger partial charge < -0.3 is 15.2 Å². The van der Waals surface area contributed by atoms with Crippen molar-refractivity contribution in [2.75, 3.05) is 19.6 Å². The number of aromatic nitrogens is 2. The second-order valence-electron chi connectivity index (χ2n) is 6.10. The summed E-state index contributed by atoms with van der Waals surface area (Å²) in [6.45, 7) is 2.40. The predicted octanol–water partition coefficient (Wildman–Crippen LogP) is 2.27. The zero-order valence-corrected chi connectivity index (χ0v) is 14.4. The van der Waals surface area contributed by atoms with Crippen LogP contribution in [0.25, 0.3) is 0 Å². The van der Waals surface area contributed by atoms with Crippen LogP contribution >= 0.6 is 24.8 Å². The van der Waals surface area contributed by atoms with Crippen molar-refractivity contribution in [3.63, 3.8) is 0 Å². The van der Waals surface area contributed by atoms with Gasteiger partial charge in [-0.15, -0.1) is 24.8 Å². The number of hydrogen-bond donors (Lipinski definition) is 1. The van der Waals surface area contributed by atoms with Crippen LogP contribution in [0.4, 0.5) is 0 Å². The maximum absolute atomic E-state index is 12.6. The molecule has 1 saturated carbocycles. The Hall–Kier alpha value is -0.780. The van der Waals surface area contributed by atoms with Gasteiger partial charge in [0.15, 0.2) is 0 Å². The molecule has 2 aliphatic rings. The van der Waals surface area contributed by atoms with Crippen molar-refractivity contribution in [1.82, 2.24) is 14.5 Å². The van der Waals surface area contributed by atoms with E-state index in [0.29, 0.717) is 24.4 Å².